The second-order valence-corrected chi connectivity index (χ2v) is 4.65. The number of hydrogen-bond acceptors (Lipinski definition) is 3. The largest absolute Gasteiger partial charge is 0.348 e. The molecule has 1 amide bonds. The van der Waals surface area contributed by atoms with E-state index in [1.54, 1.807) is 19.0 Å². The van der Waals surface area contributed by atoms with Crippen LogP contribution in [0.1, 0.15) is 12.7 Å². The number of likely N-dealkylation sites (N-methyl/N-ethyl adjacent to an activating group) is 1. The molecule has 1 N–H and O–H groups in total. The van der Waals surface area contributed by atoms with Crippen molar-refractivity contribution in [2.75, 3.05) is 20.6 Å². The lowest BCUT2D eigenvalue weighted by atomic mass is 10.3. The first kappa shape index (κ1) is 13.5. The molecular weight excluding hydrogens is 240 g/mol. The summed E-state index contributed by atoms with van der Waals surface area (Å²) in [6.45, 7) is 3.91. The topological polar surface area (TPSA) is 50.2 Å². The maximum absolute atomic E-state index is 11.5. The fraction of sp³-hybridized carbons (Fsp3) is 0.429. The van der Waals surface area contributed by atoms with E-state index in [1.165, 1.54) is 0 Å². The van der Waals surface area contributed by atoms with Crippen LogP contribution in [0.5, 0.6) is 0 Å². The van der Waals surface area contributed by atoms with Crippen molar-refractivity contribution in [1.29, 1.82) is 0 Å². The highest BCUT2D eigenvalue weighted by molar-refractivity contribution is 5.77. The molecule has 19 heavy (non-hydrogen) atoms. The van der Waals surface area contributed by atoms with Crippen LogP contribution >= 0.6 is 0 Å². The molecule has 0 radical (unpaired) electrons. The molecule has 1 aromatic heterocycles. The molecule has 5 heteroatoms. The minimum atomic E-state index is 0.0687. The van der Waals surface area contributed by atoms with Gasteiger partial charge in [-0.15, -0.1) is 0 Å². The Balaban J connectivity index is 2.10. The minimum absolute atomic E-state index is 0.0687. The molecule has 0 aliphatic rings. The molecule has 0 saturated heterocycles. The standard InChI is InChI=1S/C14H20N4O/c1-4-18-12-8-6-5-7-11(12)16-13(18)9-15-10-14(19)17(2)3/h5-8,15H,4,9-10H2,1-3H3. The molecule has 1 aromatic carbocycles. The van der Waals surface area contributed by atoms with E-state index in [2.05, 4.69) is 27.9 Å². The van der Waals surface area contributed by atoms with Gasteiger partial charge in [0.2, 0.25) is 5.91 Å². The number of aromatic nitrogens is 2. The van der Waals surface area contributed by atoms with Crippen LogP contribution in [0.3, 0.4) is 0 Å². The molecular formula is C14H20N4O. The fourth-order valence-electron chi connectivity index (χ4n) is 2.05. The lowest BCUT2D eigenvalue weighted by Crippen LogP contribution is -2.33. The quantitative estimate of drug-likeness (QED) is 0.880. The van der Waals surface area contributed by atoms with Crippen LogP contribution in [0.15, 0.2) is 24.3 Å². The highest BCUT2D eigenvalue weighted by atomic mass is 16.2. The average molecular weight is 260 g/mol. The van der Waals surface area contributed by atoms with E-state index < -0.39 is 0 Å². The molecule has 0 unspecified atom stereocenters. The van der Waals surface area contributed by atoms with Gasteiger partial charge in [-0.1, -0.05) is 12.1 Å². The minimum Gasteiger partial charge on any atom is -0.348 e. The zero-order chi connectivity index (χ0) is 13.8. The van der Waals surface area contributed by atoms with Gasteiger partial charge < -0.3 is 14.8 Å². The second kappa shape index (κ2) is 5.84. The lowest BCUT2D eigenvalue weighted by molar-refractivity contribution is -0.127. The van der Waals surface area contributed by atoms with Gasteiger partial charge in [-0.3, -0.25) is 4.79 Å². The van der Waals surface area contributed by atoms with Crippen molar-refractivity contribution in [2.24, 2.45) is 0 Å². The van der Waals surface area contributed by atoms with Crippen molar-refractivity contribution in [3.63, 3.8) is 0 Å². The number of carbonyl (C=O) groups is 1. The molecule has 0 spiro atoms. The number of nitrogens with zero attached hydrogens (tertiary/aromatic N) is 3. The highest BCUT2D eigenvalue weighted by Gasteiger charge is 2.09. The first-order valence-corrected chi connectivity index (χ1v) is 6.48. The van der Waals surface area contributed by atoms with Gasteiger partial charge in [0.25, 0.3) is 0 Å². The Hall–Kier alpha value is -1.88. The van der Waals surface area contributed by atoms with Crippen LogP contribution in [0.2, 0.25) is 0 Å². The number of rotatable bonds is 5. The van der Waals surface area contributed by atoms with Gasteiger partial charge in [0, 0.05) is 20.6 Å². The Labute approximate surface area is 113 Å². The molecule has 0 aliphatic carbocycles. The first-order chi connectivity index (χ1) is 9.13. The summed E-state index contributed by atoms with van der Waals surface area (Å²) in [5, 5.41) is 3.14. The first-order valence-electron chi connectivity index (χ1n) is 6.48. The monoisotopic (exact) mass is 260 g/mol. The van der Waals surface area contributed by atoms with Crippen molar-refractivity contribution in [2.45, 2.75) is 20.0 Å². The molecule has 0 saturated carbocycles. The summed E-state index contributed by atoms with van der Waals surface area (Å²) >= 11 is 0. The number of hydrogen-bond donors (Lipinski definition) is 1. The summed E-state index contributed by atoms with van der Waals surface area (Å²) in [7, 11) is 3.51. The van der Waals surface area contributed by atoms with E-state index in [0.29, 0.717) is 13.1 Å². The van der Waals surface area contributed by atoms with E-state index in [-0.39, 0.29) is 5.91 Å². The van der Waals surface area contributed by atoms with Gasteiger partial charge >= 0.3 is 0 Å². The van der Waals surface area contributed by atoms with Crippen LogP contribution in [-0.2, 0) is 17.9 Å². The molecule has 2 aromatic rings. The number of carbonyl (C=O) groups excluding carboxylic acids is 1. The molecule has 5 nitrogen and oxygen atoms in total. The zero-order valence-corrected chi connectivity index (χ0v) is 11.7. The fourth-order valence-corrected chi connectivity index (χ4v) is 2.05. The molecule has 102 valence electrons. The van der Waals surface area contributed by atoms with E-state index in [4.69, 9.17) is 0 Å². The van der Waals surface area contributed by atoms with Crippen LogP contribution in [0, 0.1) is 0 Å². The van der Waals surface area contributed by atoms with Crippen LogP contribution in [-0.4, -0.2) is 41.0 Å². The molecule has 2 rings (SSSR count). The van der Waals surface area contributed by atoms with Crippen molar-refractivity contribution in [3.8, 4) is 0 Å². The highest BCUT2D eigenvalue weighted by Crippen LogP contribution is 2.15. The molecule has 0 aliphatic heterocycles. The van der Waals surface area contributed by atoms with Gasteiger partial charge in [-0.2, -0.15) is 0 Å². The summed E-state index contributed by atoms with van der Waals surface area (Å²) in [5.41, 5.74) is 2.14. The maximum atomic E-state index is 11.5. The summed E-state index contributed by atoms with van der Waals surface area (Å²) in [4.78, 5) is 17.7. The number of para-hydroxylation sites is 2. The van der Waals surface area contributed by atoms with Crippen LogP contribution in [0.4, 0.5) is 0 Å². The average Bonchev–Trinajstić information content (AvgIpc) is 2.75. The van der Waals surface area contributed by atoms with Gasteiger partial charge in [0.05, 0.1) is 24.1 Å². The van der Waals surface area contributed by atoms with Crippen LogP contribution < -0.4 is 5.32 Å². The van der Waals surface area contributed by atoms with Crippen molar-refractivity contribution < 1.29 is 4.79 Å². The maximum Gasteiger partial charge on any atom is 0.236 e. The van der Waals surface area contributed by atoms with Gasteiger partial charge in [0.1, 0.15) is 5.82 Å². The molecule has 0 bridgehead atoms. The third kappa shape index (κ3) is 2.93. The van der Waals surface area contributed by atoms with E-state index in [0.717, 1.165) is 23.4 Å². The predicted octanol–water partition coefficient (Wildman–Crippen LogP) is 1.23. The third-order valence-corrected chi connectivity index (χ3v) is 3.11. The van der Waals surface area contributed by atoms with E-state index in [9.17, 15) is 4.79 Å². The normalized spacial score (nSPS) is 10.9. The Kier molecular flexibility index (Phi) is 4.16. The summed E-state index contributed by atoms with van der Waals surface area (Å²) in [5.74, 6) is 1.04. The Morgan fingerprint density at radius 3 is 2.79 bits per heavy atom. The summed E-state index contributed by atoms with van der Waals surface area (Å²) < 4.78 is 2.17. The number of benzene rings is 1. The molecule has 0 fully saturated rings. The number of imidazole rings is 1. The van der Waals surface area contributed by atoms with Gasteiger partial charge in [-0.05, 0) is 19.1 Å². The third-order valence-electron chi connectivity index (χ3n) is 3.11. The molecule has 0 atom stereocenters. The lowest BCUT2D eigenvalue weighted by Gasteiger charge is -2.11. The summed E-state index contributed by atoms with van der Waals surface area (Å²) in [6, 6.07) is 8.08. The second-order valence-electron chi connectivity index (χ2n) is 4.65. The summed E-state index contributed by atoms with van der Waals surface area (Å²) in [6.07, 6.45) is 0. The van der Waals surface area contributed by atoms with E-state index in [1.807, 2.05) is 18.2 Å². The smallest absolute Gasteiger partial charge is 0.236 e. The Morgan fingerprint density at radius 2 is 2.11 bits per heavy atom. The number of aryl methyl sites for hydroxylation is 1. The molecule has 1 heterocycles. The van der Waals surface area contributed by atoms with Crippen molar-refractivity contribution in [1.82, 2.24) is 19.8 Å². The van der Waals surface area contributed by atoms with E-state index >= 15 is 0 Å². The van der Waals surface area contributed by atoms with Crippen molar-refractivity contribution in [3.05, 3.63) is 30.1 Å². The Morgan fingerprint density at radius 1 is 1.37 bits per heavy atom. The predicted molar refractivity (Wildman–Crippen MR) is 75.8 cm³/mol. The number of fused-ring (bicyclic) bond motifs is 1. The van der Waals surface area contributed by atoms with Crippen LogP contribution in [0.25, 0.3) is 11.0 Å². The zero-order valence-electron chi connectivity index (χ0n) is 11.7. The Bertz CT molecular complexity index is 574. The SMILES string of the molecule is CCn1c(CNCC(=O)N(C)C)nc2ccccc21. The number of nitrogens with one attached hydrogen (secondary N) is 1. The van der Waals surface area contributed by atoms with Crippen molar-refractivity contribution >= 4 is 16.9 Å². The van der Waals surface area contributed by atoms with Gasteiger partial charge in [0.15, 0.2) is 0 Å². The van der Waals surface area contributed by atoms with Gasteiger partial charge in [-0.25, -0.2) is 4.98 Å². The number of amides is 1.